The van der Waals surface area contributed by atoms with Crippen molar-refractivity contribution in [2.75, 3.05) is 43.5 Å². The number of hydrogen-bond acceptors (Lipinski definition) is 7. The second kappa shape index (κ2) is 7.81. The Kier molecular flexibility index (Phi) is 5.31. The molecule has 1 aliphatic heterocycles. The van der Waals surface area contributed by atoms with Crippen LogP contribution in [0.1, 0.15) is 17.3 Å². The van der Waals surface area contributed by atoms with Crippen LogP contribution in [0.2, 0.25) is 0 Å². The minimum atomic E-state index is -0.389. The summed E-state index contributed by atoms with van der Waals surface area (Å²) in [6.45, 7) is 4.42. The molecule has 26 heavy (non-hydrogen) atoms. The van der Waals surface area contributed by atoms with Crippen LogP contribution in [-0.4, -0.2) is 60.0 Å². The highest BCUT2D eigenvalue weighted by Crippen LogP contribution is 2.20. The number of benzene rings is 1. The Labute approximate surface area is 151 Å². The Bertz CT molecular complexity index is 803. The number of esters is 1. The second-order valence-corrected chi connectivity index (χ2v) is 5.95. The average Bonchev–Trinajstić information content (AvgIpc) is 2.68. The summed E-state index contributed by atoms with van der Waals surface area (Å²) in [7, 11) is 1.35. The average molecular weight is 355 g/mol. The number of hydrogen-bond donors (Lipinski definition) is 1. The molecule has 0 spiro atoms. The molecule has 1 N–H and O–H groups in total. The topological polar surface area (TPSA) is 87.7 Å². The quantitative estimate of drug-likeness (QED) is 0.835. The predicted octanol–water partition coefficient (Wildman–Crippen LogP) is 1.68. The maximum atomic E-state index is 11.6. The lowest BCUT2D eigenvalue weighted by Gasteiger charge is -2.34. The van der Waals surface area contributed by atoms with Crippen molar-refractivity contribution in [2.24, 2.45) is 0 Å². The van der Waals surface area contributed by atoms with Gasteiger partial charge in [0, 0.05) is 44.9 Å². The van der Waals surface area contributed by atoms with Crippen molar-refractivity contribution in [2.45, 2.75) is 6.92 Å². The van der Waals surface area contributed by atoms with Gasteiger partial charge in [0.15, 0.2) is 0 Å². The molecule has 0 atom stereocenters. The lowest BCUT2D eigenvalue weighted by atomic mass is 10.2. The molecule has 8 heteroatoms. The zero-order valence-electron chi connectivity index (χ0n) is 14.8. The molecule has 2 heterocycles. The number of carbonyl (C=O) groups is 2. The fourth-order valence-corrected chi connectivity index (χ4v) is 2.83. The molecule has 136 valence electrons. The number of piperazine rings is 1. The summed E-state index contributed by atoms with van der Waals surface area (Å²) < 4.78 is 4.74. The predicted molar refractivity (Wildman–Crippen MR) is 97.6 cm³/mol. The van der Waals surface area contributed by atoms with Gasteiger partial charge in [-0.3, -0.25) is 4.79 Å². The van der Waals surface area contributed by atoms with Crippen molar-refractivity contribution in [3.8, 4) is 0 Å². The first-order chi connectivity index (χ1) is 12.6. The summed E-state index contributed by atoms with van der Waals surface area (Å²) in [6, 6.07) is 8.88. The van der Waals surface area contributed by atoms with Gasteiger partial charge in [0.05, 0.1) is 12.7 Å². The summed E-state index contributed by atoms with van der Waals surface area (Å²) in [5, 5.41) is 3.18. The normalized spacial score (nSPS) is 14.1. The summed E-state index contributed by atoms with van der Waals surface area (Å²) in [6.07, 6.45) is 1.50. The van der Waals surface area contributed by atoms with E-state index in [-0.39, 0.29) is 11.9 Å². The number of aromatic nitrogens is 2. The molecule has 1 aliphatic rings. The van der Waals surface area contributed by atoms with Gasteiger partial charge in [-0.15, -0.1) is 0 Å². The van der Waals surface area contributed by atoms with E-state index in [0.29, 0.717) is 24.5 Å². The second-order valence-electron chi connectivity index (χ2n) is 5.95. The van der Waals surface area contributed by atoms with E-state index in [2.05, 4.69) is 20.2 Å². The number of nitrogens with one attached hydrogen (secondary N) is 1. The molecule has 1 saturated heterocycles. The highest BCUT2D eigenvalue weighted by Gasteiger charge is 2.19. The Hall–Kier alpha value is -3.16. The summed E-state index contributed by atoms with van der Waals surface area (Å²) >= 11 is 0. The summed E-state index contributed by atoms with van der Waals surface area (Å²) in [4.78, 5) is 35.6. The fraction of sp³-hybridized carbons (Fsp3) is 0.333. The van der Waals surface area contributed by atoms with Gasteiger partial charge in [-0.2, -0.15) is 0 Å². The minimum absolute atomic E-state index is 0.0974. The van der Waals surface area contributed by atoms with Crippen LogP contribution in [0.25, 0.3) is 0 Å². The van der Waals surface area contributed by atoms with Gasteiger partial charge >= 0.3 is 5.97 Å². The number of methoxy groups -OCH3 is 1. The molecule has 2 aromatic rings. The van der Waals surface area contributed by atoms with Crippen LogP contribution in [0.5, 0.6) is 0 Å². The fourth-order valence-electron chi connectivity index (χ4n) is 2.83. The van der Waals surface area contributed by atoms with Gasteiger partial charge in [-0.05, 0) is 18.2 Å². The van der Waals surface area contributed by atoms with E-state index in [4.69, 9.17) is 4.74 Å². The molecular weight excluding hydrogens is 334 g/mol. The van der Waals surface area contributed by atoms with E-state index in [1.165, 1.54) is 13.4 Å². The van der Waals surface area contributed by atoms with E-state index < -0.39 is 0 Å². The number of rotatable bonds is 4. The number of anilines is 3. The first-order valence-corrected chi connectivity index (χ1v) is 8.35. The van der Waals surface area contributed by atoms with Crippen molar-refractivity contribution in [1.29, 1.82) is 0 Å². The molecule has 0 aliphatic carbocycles. The lowest BCUT2D eigenvalue weighted by molar-refractivity contribution is -0.129. The summed E-state index contributed by atoms with van der Waals surface area (Å²) in [5.41, 5.74) is 1.20. The maximum Gasteiger partial charge on any atom is 0.337 e. The molecule has 0 unspecified atom stereocenters. The highest BCUT2D eigenvalue weighted by atomic mass is 16.5. The third kappa shape index (κ3) is 4.08. The SMILES string of the molecule is COC(=O)c1cccc(Nc2cc(N3CCN(C(C)=O)CC3)ncn2)c1. The minimum Gasteiger partial charge on any atom is -0.465 e. The zero-order chi connectivity index (χ0) is 18.5. The van der Waals surface area contributed by atoms with Crippen LogP contribution in [0, 0.1) is 0 Å². The number of ether oxygens (including phenoxy) is 1. The molecule has 0 saturated carbocycles. The van der Waals surface area contributed by atoms with Gasteiger partial charge in [-0.25, -0.2) is 14.8 Å². The molecule has 3 rings (SSSR count). The smallest absolute Gasteiger partial charge is 0.337 e. The van der Waals surface area contributed by atoms with E-state index in [1.54, 1.807) is 25.1 Å². The van der Waals surface area contributed by atoms with Crippen LogP contribution in [0.4, 0.5) is 17.3 Å². The highest BCUT2D eigenvalue weighted by molar-refractivity contribution is 5.90. The lowest BCUT2D eigenvalue weighted by Crippen LogP contribution is -2.48. The van der Waals surface area contributed by atoms with Crippen molar-refractivity contribution >= 4 is 29.2 Å². The monoisotopic (exact) mass is 355 g/mol. The van der Waals surface area contributed by atoms with Crippen molar-refractivity contribution in [3.05, 3.63) is 42.2 Å². The Morgan fingerprint density at radius 2 is 1.88 bits per heavy atom. The maximum absolute atomic E-state index is 11.6. The van der Waals surface area contributed by atoms with Gasteiger partial charge in [0.25, 0.3) is 0 Å². The zero-order valence-corrected chi connectivity index (χ0v) is 14.8. The van der Waals surface area contributed by atoms with Crippen LogP contribution < -0.4 is 10.2 Å². The van der Waals surface area contributed by atoms with Gasteiger partial charge in [0.1, 0.15) is 18.0 Å². The van der Waals surface area contributed by atoms with Crippen LogP contribution in [0.3, 0.4) is 0 Å². The third-order valence-electron chi connectivity index (χ3n) is 4.26. The van der Waals surface area contributed by atoms with Crippen molar-refractivity contribution < 1.29 is 14.3 Å². The molecule has 1 aromatic carbocycles. The number of carbonyl (C=O) groups excluding carboxylic acids is 2. The molecule has 1 amide bonds. The Morgan fingerprint density at radius 3 is 2.58 bits per heavy atom. The largest absolute Gasteiger partial charge is 0.465 e. The van der Waals surface area contributed by atoms with E-state index in [9.17, 15) is 9.59 Å². The van der Waals surface area contributed by atoms with E-state index in [0.717, 1.165) is 24.6 Å². The van der Waals surface area contributed by atoms with Gasteiger partial charge in [0.2, 0.25) is 5.91 Å². The first kappa shape index (κ1) is 17.7. The Balaban J connectivity index is 1.70. The van der Waals surface area contributed by atoms with Crippen LogP contribution in [0.15, 0.2) is 36.7 Å². The third-order valence-corrected chi connectivity index (χ3v) is 4.26. The Morgan fingerprint density at radius 1 is 1.12 bits per heavy atom. The van der Waals surface area contributed by atoms with Crippen molar-refractivity contribution in [3.63, 3.8) is 0 Å². The van der Waals surface area contributed by atoms with Crippen LogP contribution in [-0.2, 0) is 9.53 Å². The van der Waals surface area contributed by atoms with E-state index in [1.807, 2.05) is 17.0 Å². The van der Waals surface area contributed by atoms with Gasteiger partial charge < -0.3 is 19.9 Å². The standard InChI is InChI=1S/C18H21N5O3/c1-13(24)22-6-8-23(9-7-22)17-11-16(19-12-20-17)21-15-5-3-4-14(10-15)18(25)26-2/h3-5,10-12H,6-9H2,1-2H3,(H,19,20,21). The molecular formula is C18H21N5O3. The molecule has 1 fully saturated rings. The molecule has 8 nitrogen and oxygen atoms in total. The number of nitrogens with zero attached hydrogens (tertiary/aromatic N) is 4. The summed E-state index contributed by atoms with van der Waals surface area (Å²) in [5.74, 6) is 1.14. The molecule has 1 aromatic heterocycles. The molecule has 0 bridgehead atoms. The van der Waals surface area contributed by atoms with E-state index >= 15 is 0 Å². The van der Waals surface area contributed by atoms with Crippen LogP contribution >= 0.6 is 0 Å². The van der Waals surface area contributed by atoms with Gasteiger partial charge in [-0.1, -0.05) is 6.07 Å². The first-order valence-electron chi connectivity index (χ1n) is 8.35. The van der Waals surface area contributed by atoms with Crippen molar-refractivity contribution in [1.82, 2.24) is 14.9 Å². The molecule has 0 radical (unpaired) electrons. The number of amides is 1.